The summed E-state index contributed by atoms with van der Waals surface area (Å²) in [6.07, 6.45) is 0.752. The molecule has 0 aliphatic carbocycles. The van der Waals surface area contributed by atoms with Gasteiger partial charge in [0.15, 0.2) is 6.29 Å². The van der Waals surface area contributed by atoms with Gasteiger partial charge in [-0.3, -0.25) is 9.36 Å². The van der Waals surface area contributed by atoms with Gasteiger partial charge in [0.2, 0.25) is 0 Å². The summed E-state index contributed by atoms with van der Waals surface area (Å²) in [5.41, 5.74) is 0.784. The van der Waals surface area contributed by atoms with E-state index >= 15 is 0 Å². The SMILES string of the molecule is CN(C)c1nc(=O)n(-c2cc(C=O)cs2)c2cc(Cl)ccc12. The predicted octanol–water partition coefficient (Wildman–Crippen LogP) is 2.98. The summed E-state index contributed by atoms with van der Waals surface area (Å²) < 4.78 is 1.48. The number of aromatic nitrogens is 2. The van der Waals surface area contributed by atoms with E-state index in [1.807, 2.05) is 20.2 Å². The number of hydrogen-bond acceptors (Lipinski definition) is 5. The van der Waals surface area contributed by atoms with E-state index in [-0.39, 0.29) is 0 Å². The fourth-order valence-electron chi connectivity index (χ4n) is 2.25. The highest BCUT2D eigenvalue weighted by Gasteiger charge is 2.15. The van der Waals surface area contributed by atoms with Crippen molar-refractivity contribution in [3.8, 4) is 5.00 Å². The Morgan fingerprint density at radius 3 is 2.73 bits per heavy atom. The van der Waals surface area contributed by atoms with E-state index in [1.54, 1.807) is 28.5 Å². The molecule has 0 fully saturated rings. The minimum absolute atomic E-state index is 0.405. The van der Waals surface area contributed by atoms with Gasteiger partial charge in [0.25, 0.3) is 0 Å². The molecule has 3 aromatic rings. The van der Waals surface area contributed by atoms with Crippen LogP contribution in [0, 0.1) is 0 Å². The molecule has 0 amide bonds. The van der Waals surface area contributed by atoms with Gasteiger partial charge < -0.3 is 4.90 Å². The number of nitrogens with zero attached hydrogens (tertiary/aromatic N) is 3. The van der Waals surface area contributed by atoms with Crippen LogP contribution < -0.4 is 10.6 Å². The van der Waals surface area contributed by atoms with Crippen molar-refractivity contribution in [1.82, 2.24) is 9.55 Å². The van der Waals surface area contributed by atoms with Crippen molar-refractivity contribution in [3.05, 3.63) is 50.7 Å². The summed E-state index contributed by atoms with van der Waals surface area (Å²) in [7, 11) is 3.66. The van der Waals surface area contributed by atoms with Crippen LogP contribution in [-0.2, 0) is 0 Å². The number of rotatable bonds is 3. The highest BCUT2D eigenvalue weighted by Crippen LogP contribution is 2.28. The summed E-state index contributed by atoms with van der Waals surface area (Å²) in [4.78, 5) is 29.3. The minimum atomic E-state index is -0.405. The molecule has 0 atom stereocenters. The molecule has 7 heteroatoms. The van der Waals surface area contributed by atoms with E-state index in [0.717, 1.165) is 11.7 Å². The Morgan fingerprint density at radius 1 is 1.32 bits per heavy atom. The van der Waals surface area contributed by atoms with Crippen molar-refractivity contribution >= 4 is 45.9 Å². The maximum absolute atomic E-state index is 12.5. The molecule has 0 saturated carbocycles. The minimum Gasteiger partial charge on any atom is -0.362 e. The lowest BCUT2D eigenvalue weighted by atomic mass is 10.2. The summed E-state index contributed by atoms with van der Waals surface area (Å²) in [5.74, 6) is 0.583. The largest absolute Gasteiger partial charge is 0.362 e. The zero-order valence-electron chi connectivity index (χ0n) is 11.9. The summed E-state index contributed by atoms with van der Waals surface area (Å²) >= 11 is 7.40. The molecule has 112 valence electrons. The summed E-state index contributed by atoms with van der Waals surface area (Å²) in [6, 6.07) is 6.99. The first kappa shape index (κ1) is 14.7. The highest BCUT2D eigenvalue weighted by molar-refractivity contribution is 7.12. The van der Waals surface area contributed by atoms with Gasteiger partial charge in [0.05, 0.1) is 5.52 Å². The van der Waals surface area contributed by atoms with Gasteiger partial charge in [-0.2, -0.15) is 4.98 Å². The van der Waals surface area contributed by atoms with E-state index in [2.05, 4.69) is 4.98 Å². The zero-order valence-corrected chi connectivity index (χ0v) is 13.5. The maximum atomic E-state index is 12.5. The number of benzene rings is 1. The molecule has 2 aromatic heterocycles. The molecule has 0 N–H and O–H groups in total. The van der Waals surface area contributed by atoms with Gasteiger partial charge in [-0.1, -0.05) is 11.6 Å². The second kappa shape index (κ2) is 5.55. The fraction of sp³-hybridized carbons (Fsp3) is 0.133. The van der Waals surface area contributed by atoms with E-state index in [0.29, 0.717) is 26.9 Å². The lowest BCUT2D eigenvalue weighted by Gasteiger charge is -2.16. The van der Waals surface area contributed by atoms with Crippen molar-refractivity contribution < 1.29 is 4.79 Å². The Labute approximate surface area is 135 Å². The monoisotopic (exact) mass is 333 g/mol. The standard InChI is InChI=1S/C15H12ClN3O2S/c1-18(2)14-11-4-3-10(16)6-12(11)19(15(21)17-14)13-5-9(7-20)8-22-13/h3-8H,1-2H3. The lowest BCUT2D eigenvalue weighted by Crippen LogP contribution is -2.25. The zero-order chi connectivity index (χ0) is 15.9. The third kappa shape index (κ3) is 2.40. The molecule has 0 unspecified atom stereocenters. The van der Waals surface area contributed by atoms with Crippen molar-refractivity contribution in [2.75, 3.05) is 19.0 Å². The number of carbonyl (C=O) groups is 1. The smallest absolute Gasteiger partial charge is 0.355 e. The van der Waals surface area contributed by atoms with Crippen LogP contribution in [0.15, 0.2) is 34.4 Å². The topological polar surface area (TPSA) is 55.2 Å². The Kier molecular flexibility index (Phi) is 3.72. The van der Waals surface area contributed by atoms with Gasteiger partial charge in [-0.25, -0.2) is 4.79 Å². The number of fused-ring (bicyclic) bond motifs is 1. The molecule has 0 radical (unpaired) electrons. The fourth-order valence-corrected chi connectivity index (χ4v) is 3.29. The number of thiophene rings is 1. The average molecular weight is 334 g/mol. The van der Waals surface area contributed by atoms with Gasteiger partial charge in [0, 0.05) is 35.4 Å². The van der Waals surface area contributed by atoms with Gasteiger partial charge >= 0.3 is 5.69 Å². The van der Waals surface area contributed by atoms with Crippen LogP contribution in [0.1, 0.15) is 10.4 Å². The second-order valence-electron chi connectivity index (χ2n) is 4.95. The molecule has 3 rings (SSSR count). The van der Waals surface area contributed by atoms with Crippen LogP contribution in [0.4, 0.5) is 5.82 Å². The van der Waals surface area contributed by atoms with Crippen molar-refractivity contribution in [3.63, 3.8) is 0 Å². The van der Waals surface area contributed by atoms with Gasteiger partial charge in [-0.05, 0) is 24.3 Å². The first-order valence-electron chi connectivity index (χ1n) is 6.45. The van der Waals surface area contributed by atoms with Crippen LogP contribution in [0.3, 0.4) is 0 Å². The van der Waals surface area contributed by atoms with E-state index < -0.39 is 5.69 Å². The Bertz CT molecular complexity index is 930. The van der Waals surface area contributed by atoms with E-state index in [1.165, 1.54) is 15.9 Å². The molecule has 22 heavy (non-hydrogen) atoms. The normalized spacial score (nSPS) is 10.9. The van der Waals surface area contributed by atoms with E-state index in [4.69, 9.17) is 11.6 Å². The lowest BCUT2D eigenvalue weighted by molar-refractivity contribution is 0.112. The van der Waals surface area contributed by atoms with Crippen LogP contribution in [0.25, 0.3) is 15.9 Å². The third-order valence-electron chi connectivity index (χ3n) is 3.22. The average Bonchev–Trinajstić information content (AvgIpc) is 2.94. The molecule has 5 nitrogen and oxygen atoms in total. The number of anilines is 1. The van der Waals surface area contributed by atoms with Gasteiger partial charge in [-0.15, -0.1) is 11.3 Å². The molecule has 0 aliphatic rings. The van der Waals surface area contributed by atoms with Crippen LogP contribution >= 0.6 is 22.9 Å². The van der Waals surface area contributed by atoms with Crippen molar-refractivity contribution in [2.45, 2.75) is 0 Å². The Morgan fingerprint density at radius 2 is 2.09 bits per heavy atom. The molecule has 0 spiro atoms. The van der Waals surface area contributed by atoms with Gasteiger partial charge in [0.1, 0.15) is 10.8 Å². The third-order valence-corrected chi connectivity index (χ3v) is 4.39. The molecule has 1 aromatic carbocycles. The molecule has 2 heterocycles. The molecular weight excluding hydrogens is 322 g/mol. The molecule has 0 saturated heterocycles. The molecule has 0 bridgehead atoms. The molecule has 0 aliphatic heterocycles. The van der Waals surface area contributed by atoms with Crippen LogP contribution in [0.5, 0.6) is 0 Å². The maximum Gasteiger partial charge on any atom is 0.355 e. The second-order valence-corrected chi connectivity index (χ2v) is 6.27. The molecular formula is C15H12ClN3O2S. The van der Waals surface area contributed by atoms with Crippen LogP contribution in [0.2, 0.25) is 5.02 Å². The first-order chi connectivity index (χ1) is 10.5. The number of aldehydes is 1. The highest BCUT2D eigenvalue weighted by atomic mass is 35.5. The summed E-state index contributed by atoms with van der Waals surface area (Å²) in [5, 5.41) is 3.68. The number of hydrogen-bond donors (Lipinski definition) is 0. The van der Waals surface area contributed by atoms with Crippen molar-refractivity contribution in [2.24, 2.45) is 0 Å². The predicted molar refractivity (Wildman–Crippen MR) is 89.9 cm³/mol. The Hall–Kier alpha value is -2.18. The van der Waals surface area contributed by atoms with Crippen molar-refractivity contribution in [1.29, 1.82) is 0 Å². The Balaban J connectivity index is 2.41. The van der Waals surface area contributed by atoms with Crippen LogP contribution in [-0.4, -0.2) is 29.9 Å². The quantitative estimate of drug-likeness (QED) is 0.691. The number of carbonyl (C=O) groups excluding carboxylic acids is 1. The summed E-state index contributed by atoms with van der Waals surface area (Å²) in [6.45, 7) is 0. The first-order valence-corrected chi connectivity index (χ1v) is 7.71. The van der Waals surface area contributed by atoms with E-state index in [9.17, 15) is 9.59 Å². The number of halogens is 1.